The molecule has 2 N–H and O–H groups in total. The van der Waals surface area contributed by atoms with E-state index in [4.69, 9.17) is 5.11 Å². The first-order chi connectivity index (χ1) is 8.65. The summed E-state index contributed by atoms with van der Waals surface area (Å²) in [6.07, 6.45) is 10.7. The van der Waals surface area contributed by atoms with Crippen LogP contribution in [0.4, 0.5) is 0 Å². The highest BCUT2D eigenvalue weighted by molar-refractivity contribution is 5.70. The Morgan fingerprint density at radius 2 is 1.78 bits per heavy atom. The molecule has 2 saturated carbocycles. The fourth-order valence-corrected chi connectivity index (χ4v) is 3.72. The molecule has 3 nitrogen and oxygen atoms in total. The summed E-state index contributed by atoms with van der Waals surface area (Å²) < 4.78 is 0. The predicted octanol–water partition coefficient (Wildman–Crippen LogP) is 3.19. The maximum absolute atomic E-state index is 10.9. The summed E-state index contributed by atoms with van der Waals surface area (Å²) in [6.45, 7) is 2.29. The second-order valence-corrected chi connectivity index (χ2v) is 6.34. The molecule has 1 atom stereocenters. The smallest absolute Gasteiger partial charge is 0.306 e. The van der Waals surface area contributed by atoms with Crippen LogP contribution < -0.4 is 5.32 Å². The topological polar surface area (TPSA) is 49.3 Å². The molecule has 0 heterocycles. The van der Waals surface area contributed by atoms with Crippen LogP contribution >= 0.6 is 0 Å². The quantitative estimate of drug-likeness (QED) is 0.791. The first kappa shape index (κ1) is 13.9. The van der Waals surface area contributed by atoms with Crippen LogP contribution in [0.15, 0.2) is 0 Å². The van der Waals surface area contributed by atoms with Gasteiger partial charge in [0.25, 0.3) is 0 Å². The lowest BCUT2D eigenvalue weighted by Gasteiger charge is -2.30. The van der Waals surface area contributed by atoms with Crippen LogP contribution in [0.5, 0.6) is 0 Å². The summed E-state index contributed by atoms with van der Waals surface area (Å²) in [5.41, 5.74) is 0. The molecule has 18 heavy (non-hydrogen) atoms. The molecule has 2 aliphatic carbocycles. The second-order valence-electron chi connectivity index (χ2n) is 6.34. The Balaban J connectivity index is 1.65. The molecule has 3 heteroatoms. The average molecular weight is 253 g/mol. The summed E-state index contributed by atoms with van der Waals surface area (Å²) in [7, 11) is 0. The number of hydrogen-bond donors (Lipinski definition) is 2. The monoisotopic (exact) mass is 253 g/mol. The zero-order chi connectivity index (χ0) is 13.0. The van der Waals surface area contributed by atoms with Gasteiger partial charge >= 0.3 is 5.97 Å². The molecule has 104 valence electrons. The van der Waals surface area contributed by atoms with Gasteiger partial charge in [-0.25, -0.2) is 0 Å². The van der Waals surface area contributed by atoms with Gasteiger partial charge in [0.2, 0.25) is 0 Å². The van der Waals surface area contributed by atoms with Crippen LogP contribution in [0.3, 0.4) is 0 Å². The van der Waals surface area contributed by atoms with Crippen molar-refractivity contribution in [2.24, 2.45) is 11.8 Å². The van der Waals surface area contributed by atoms with E-state index >= 15 is 0 Å². The first-order valence-corrected chi connectivity index (χ1v) is 7.64. The number of carboxylic acid groups (broad SMARTS) is 1. The molecule has 0 spiro atoms. The first-order valence-electron chi connectivity index (χ1n) is 7.64. The number of carbonyl (C=O) groups is 1. The van der Waals surface area contributed by atoms with Gasteiger partial charge in [0.1, 0.15) is 0 Å². The minimum atomic E-state index is -0.604. The minimum Gasteiger partial charge on any atom is -0.481 e. The van der Waals surface area contributed by atoms with Gasteiger partial charge in [0.05, 0.1) is 5.92 Å². The Labute approximate surface area is 110 Å². The van der Waals surface area contributed by atoms with E-state index in [-0.39, 0.29) is 5.92 Å². The zero-order valence-corrected chi connectivity index (χ0v) is 11.5. The SMILES string of the molecule is CC(CC1CCCC1)NC1CCC(C(=O)O)CC1. The van der Waals surface area contributed by atoms with E-state index in [2.05, 4.69) is 12.2 Å². The lowest BCUT2D eigenvalue weighted by Crippen LogP contribution is -2.40. The van der Waals surface area contributed by atoms with Crippen LogP contribution in [0.1, 0.15) is 64.7 Å². The largest absolute Gasteiger partial charge is 0.481 e. The van der Waals surface area contributed by atoms with Gasteiger partial charge in [-0.1, -0.05) is 25.7 Å². The van der Waals surface area contributed by atoms with Crippen molar-refractivity contribution >= 4 is 5.97 Å². The van der Waals surface area contributed by atoms with Gasteiger partial charge in [-0.3, -0.25) is 4.79 Å². The number of hydrogen-bond acceptors (Lipinski definition) is 2. The van der Waals surface area contributed by atoms with Gasteiger partial charge in [0.15, 0.2) is 0 Å². The summed E-state index contributed by atoms with van der Waals surface area (Å²) in [6, 6.07) is 1.15. The van der Waals surface area contributed by atoms with Crippen LogP contribution in [0.2, 0.25) is 0 Å². The third-order valence-corrected chi connectivity index (χ3v) is 4.76. The van der Waals surface area contributed by atoms with Crippen molar-refractivity contribution < 1.29 is 9.90 Å². The lowest BCUT2D eigenvalue weighted by molar-refractivity contribution is -0.142. The van der Waals surface area contributed by atoms with Crippen molar-refractivity contribution in [1.29, 1.82) is 0 Å². The Morgan fingerprint density at radius 3 is 2.33 bits per heavy atom. The molecule has 0 aromatic carbocycles. The van der Waals surface area contributed by atoms with Gasteiger partial charge in [-0.2, -0.15) is 0 Å². The van der Waals surface area contributed by atoms with Crippen molar-refractivity contribution in [3.63, 3.8) is 0 Å². The van der Waals surface area contributed by atoms with E-state index in [1.807, 2.05) is 0 Å². The second kappa shape index (κ2) is 6.55. The molecule has 0 aromatic heterocycles. The summed E-state index contributed by atoms with van der Waals surface area (Å²) in [5.74, 6) is 0.239. The van der Waals surface area contributed by atoms with Crippen LogP contribution in [-0.2, 0) is 4.79 Å². The van der Waals surface area contributed by atoms with E-state index < -0.39 is 5.97 Å². The molecule has 0 aliphatic heterocycles. The number of rotatable bonds is 5. The van der Waals surface area contributed by atoms with E-state index in [0.717, 1.165) is 31.6 Å². The molecule has 0 aromatic rings. The van der Waals surface area contributed by atoms with E-state index in [1.165, 1.54) is 32.1 Å². The molecule has 0 amide bonds. The van der Waals surface area contributed by atoms with Gasteiger partial charge in [0, 0.05) is 12.1 Å². The van der Waals surface area contributed by atoms with Crippen molar-refractivity contribution in [1.82, 2.24) is 5.32 Å². The highest BCUT2D eigenvalue weighted by Gasteiger charge is 2.27. The molecule has 0 saturated heterocycles. The molecular formula is C15H27NO2. The predicted molar refractivity (Wildman–Crippen MR) is 72.6 cm³/mol. The standard InChI is InChI=1S/C15H27NO2/c1-11(10-12-4-2-3-5-12)16-14-8-6-13(7-9-14)15(17)18/h11-14,16H,2-10H2,1H3,(H,17,18). The number of nitrogens with one attached hydrogen (secondary N) is 1. The molecule has 2 rings (SSSR count). The lowest BCUT2D eigenvalue weighted by atomic mass is 9.85. The Hall–Kier alpha value is -0.570. The Bertz CT molecular complexity index is 266. The van der Waals surface area contributed by atoms with Gasteiger partial charge in [-0.15, -0.1) is 0 Å². The summed E-state index contributed by atoms with van der Waals surface area (Å²) >= 11 is 0. The van der Waals surface area contributed by atoms with Crippen molar-refractivity contribution in [2.45, 2.75) is 76.8 Å². The maximum Gasteiger partial charge on any atom is 0.306 e. The van der Waals surface area contributed by atoms with Crippen LogP contribution in [-0.4, -0.2) is 23.2 Å². The molecule has 2 fully saturated rings. The molecular weight excluding hydrogens is 226 g/mol. The summed E-state index contributed by atoms with van der Waals surface area (Å²) in [5, 5.41) is 12.7. The molecule has 0 bridgehead atoms. The van der Waals surface area contributed by atoms with Crippen LogP contribution in [0.25, 0.3) is 0 Å². The normalized spacial score (nSPS) is 31.4. The van der Waals surface area contributed by atoms with E-state index in [9.17, 15) is 4.79 Å². The highest BCUT2D eigenvalue weighted by atomic mass is 16.4. The average Bonchev–Trinajstić information content (AvgIpc) is 2.82. The molecule has 1 unspecified atom stereocenters. The number of aliphatic carboxylic acids is 1. The van der Waals surface area contributed by atoms with Crippen molar-refractivity contribution in [3.05, 3.63) is 0 Å². The minimum absolute atomic E-state index is 0.0896. The fraction of sp³-hybridized carbons (Fsp3) is 0.933. The Kier molecular flexibility index (Phi) is 5.04. The molecule has 2 aliphatic rings. The Morgan fingerprint density at radius 1 is 1.17 bits per heavy atom. The third-order valence-electron chi connectivity index (χ3n) is 4.76. The van der Waals surface area contributed by atoms with E-state index in [1.54, 1.807) is 0 Å². The zero-order valence-electron chi connectivity index (χ0n) is 11.5. The highest BCUT2D eigenvalue weighted by Crippen LogP contribution is 2.29. The number of carboxylic acids is 1. The van der Waals surface area contributed by atoms with Crippen LogP contribution in [0, 0.1) is 11.8 Å². The van der Waals surface area contributed by atoms with Crippen molar-refractivity contribution in [3.8, 4) is 0 Å². The van der Waals surface area contributed by atoms with E-state index in [0.29, 0.717) is 12.1 Å². The maximum atomic E-state index is 10.9. The molecule has 0 radical (unpaired) electrons. The van der Waals surface area contributed by atoms with Crippen molar-refractivity contribution in [2.75, 3.05) is 0 Å². The fourth-order valence-electron chi connectivity index (χ4n) is 3.72. The van der Waals surface area contributed by atoms with Gasteiger partial charge < -0.3 is 10.4 Å². The summed E-state index contributed by atoms with van der Waals surface area (Å²) in [4.78, 5) is 10.9. The van der Waals surface area contributed by atoms with Gasteiger partial charge in [-0.05, 0) is 44.9 Å². The third kappa shape index (κ3) is 3.98.